The highest BCUT2D eigenvalue weighted by molar-refractivity contribution is 5.98. The number of ether oxygens (including phenoxy) is 1. The molecule has 96 valence electrons. The standard InChI is InChI=1S/C15H19NO2/c1-4-13-10(2)6-5-7-14(13)15(17)16-11-8-12(9-11)18-3/h4-7,11-12H,1,8-9H2,2-3H3,(H,16,17). The number of rotatable bonds is 4. The molecule has 0 saturated heterocycles. The van der Waals surface area contributed by atoms with Gasteiger partial charge < -0.3 is 10.1 Å². The quantitative estimate of drug-likeness (QED) is 0.885. The van der Waals surface area contributed by atoms with Crippen LogP contribution >= 0.6 is 0 Å². The van der Waals surface area contributed by atoms with E-state index in [4.69, 9.17) is 4.74 Å². The molecule has 2 rings (SSSR count). The van der Waals surface area contributed by atoms with Gasteiger partial charge in [-0.1, -0.05) is 24.8 Å². The van der Waals surface area contributed by atoms with Gasteiger partial charge in [-0.15, -0.1) is 0 Å². The molecular weight excluding hydrogens is 226 g/mol. The van der Waals surface area contributed by atoms with E-state index in [0.717, 1.165) is 24.0 Å². The largest absolute Gasteiger partial charge is 0.381 e. The summed E-state index contributed by atoms with van der Waals surface area (Å²) in [6.07, 6.45) is 3.84. The number of nitrogens with one attached hydrogen (secondary N) is 1. The molecule has 18 heavy (non-hydrogen) atoms. The summed E-state index contributed by atoms with van der Waals surface area (Å²) in [4.78, 5) is 12.2. The van der Waals surface area contributed by atoms with Gasteiger partial charge in [0.15, 0.2) is 0 Å². The third-order valence-corrected chi connectivity index (χ3v) is 3.54. The van der Waals surface area contributed by atoms with Crippen LogP contribution in [-0.2, 0) is 4.74 Å². The van der Waals surface area contributed by atoms with Gasteiger partial charge in [0, 0.05) is 18.7 Å². The highest BCUT2D eigenvalue weighted by Gasteiger charge is 2.30. The lowest BCUT2D eigenvalue weighted by molar-refractivity contribution is 0.0176. The summed E-state index contributed by atoms with van der Waals surface area (Å²) in [5, 5.41) is 3.03. The third kappa shape index (κ3) is 2.46. The fourth-order valence-corrected chi connectivity index (χ4v) is 2.29. The highest BCUT2D eigenvalue weighted by atomic mass is 16.5. The zero-order chi connectivity index (χ0) is 13.1. The molecule has 3 nitrogen and oxygen atoms in total. The van der Waals surface area contributed by atoms with E-state index in [1.165, 1.54) is 0 Å². The molecule has 0 radical (unpaired) electrons. The second kappa shape index (κ2) is 5.36. The van der Waals surface area contributed by atoms with Gasteiger partial charge in [-0.2, -0.15) is 0 Å². The Bertz CT molecular complexity index is 462. The Hall–Kier alpha value is -1.61. The number of methoxy groups -OCH3 is 1. The lowest BCUT2D eigenvalue weighted by Crippen LogP contribution is -2.47. The summed E-state index contributed by atoms with van der Waals surface area (Å²) in [6, 6.07) is 5.96. The van der Waals surface area contributed by atoms with Gasteiger partial charge >= 0.3 is 0 Å². The van der Waals surface area contributed by atoms with Gasteiger partial charge in [-0.05, 0) is 37.0 Å². The molecule has 1 amide bonds. The second-order valence-corrected chi connectivity index (χ2v) is 4.74. The van der Waals surface area contributed by atoms with E-state index in [1.807, 2.05) is 25.1 Å². The fourth-order valence-electron chi connectivity index (χ4n) is 2.29. The van der Waals surface area contributed by atoms with Crippen molar-refractivity contribution in [2.45, 2.75) is 31.9 Å². The predicted octanol–water partition coefficient (Wildman–Crippen LogP) is 2.55. The molecule has 1 aliphatic rings. The first-order valence-corrected chi connectivity index (χ1v) is 6.21. The highest BCUT2D eigenvalue weighted by Crippen LogP contribution is 2.23. The Morgan fingerprint density at radius 2 is 2.22 bits per heavy atom. The molecule has 0 aliphatic heterocycles. The van der Waals surface area contributed by atoms with Crippen molar-refractivity contribution < 1.29 is 9.53 Å². The Morgan fingerprint density at radius 3 is 2.83 bits per heavy atom. The van der Waals surface area contributed by atoms with Crippen molar-refractivity contribution in [1.82, 2.24) is 5.32 Å². The molecule has 0 bridgehead atoms. The molecule has 0 aromatic heterocycles. The van der Waals surface area contributed by atoms with Crippen LogP contribution in [0.2, 0.25) is 0 Å². The average molecular weight is 245 g/mol. The lowest BCUT2D eigenvalue weighted by atomic mass is 9.89. The van der Waals surface area contributed by atoms with Gasteiger partial charge in [0.1, 0.15) is 0 Å². The summed E-state index contributed by atoms with van der Waals surface area (Å²) < 4.78 is 5.20. The third-order valence-electron chi connectivity index (χ3n) is 3.54. The van der Waals surface area contributed by atoms with Crippen molar-refractivity contribution in [1.29, 1.82) is 0 Å². The van der Waals surface area contributed by atoms with Crippen LogP contribution in [0.1, 0.15) is 34.3 Å². The molecule has 1 aromatic rings. The van der Waals surface area contributed by atoms with E-state index in [-0.39, 0.29) is 11.9 Å². The van der Waals surface area contributed by atoms with Crippen LogP contribution in [0.4, 0.5) is 0 Å². The maximum Gasteiger partial charge on any atom is 0.252 e. The van der Waals surface area contributed by atoms with Gasteiger partial charge in [-0.25, -0.2) is 0 Å². The van der Waals surface area contributed by atoms with Gasteiger partial charge in [0.25, 0.3) is 5.91 Å². The summed E-state index contributed by atoms with van der Waals surface area (Å²) in [7, 11) is 1.71. The Morgan fingerprint density at radius 1 is 1.50 bits per heavy atom. The first-order valence-electron chi connectivity index (χ1n) is 6.21. The number of hydrogen-bond acceptors (Lipinski definition) is 2. The lowest BCUT2D eigenvalue weighted by Gasteiger charge is -2.34. The summed E-state index contributed by atoms with van der Waals surface area (Å²) in [6.45, 7) is 5.76. The topological polar surface area (TPSA) is 38.3 Å². The normalized spacial score (nSPS) is 22.1. The molecule has 1 aromatic carbocycles. The van der Waals surface area contributed by atoms with Crippen molar-refractivity contribution in [2.24, 2.45) is 0 Å². The van der Waals surface area contributed by atoms with Gasteiger partial charge in [-0.3, -0.25) is 4.79 Å². The minimum Gasteiger partial charge on any atom is -0.381 e. The second-order valence-electron chi connectivity index (χ2n) is 4.74. The van der Waals surface area contributed by atoms with Crippen molar-refractivity contribution in [2.75, 3.05) is 7.11 Å². The SMILES string of the molecule is C=Cc1c(C)cccc1C(=O)NC1CC(OC)C1. The summed E-state index contributed by atoms with van der Waals surface area (Å²) >= 11 is 0. The molecule has 0 atom stereocenters. The van der Waals surface area contributed by atoms with Crippen LogP contribution in [0.3, 0.4) is 0 Å². The molecule has 0 heterocycles. The summed E-state index contributed by atoms with van der Waals surface area (Å²) in [5.41, 5.74) is 2.68. The van der Waals surface area contributed by atoms with E-state index in [9.17, 15) is 4.79 Å². The summed E-state index contributed by atoms with van der Waals surface area (Å²) in [5.74, 6) is -0.0202. The Labute approximate surface area is 108 Å². The van der Waals surface area contributed by atoms with Crippen LogP contribution < -0.4 is 5.32 Å². The number of aryl methyl sites for hydroxylation is 1. The van der Waals surface area contributed by atoms with Crippen molar-refractivity contribution in [3.05, 3.63) is 41.5 Å². The van der Waals surface area contributed by atoms with Crippen LogP contribution in [0.5, 0.6) is 0 Å². The molecule has 1 aliphatic carbocycles. The minimum absolute atomic E-state index is 0.0202. The van der Waals surface area contributed by atoms with E-state index >= 15 is 0 Å². The number of amides is 1. The Balaban J connectivity index is 2.06. The van der Waals surface area contributed by atoms with Crippen molar-refractivity contribution >= 4 is 12.0 Å². The smallest absolute Gasteiger partial charge is 0.252 e. The molecule has 1 saturated carbocycles. The van der Waals surface area contributed by atoms with Crippen LogP contribution in [0.25, 0.3) is 6.08 Å². The predicted molar refractivity (Wildman–Crippen MR) is 72.6 cm³/mol. The van der Waals surface area contributed by atoms with Crippen molar-refractivity contribution in [3.63, 3.8) is 0 Å². The van der Waals surface area contributed by atoms with Crippen LogP contribution in [0, 0.1) is 6.92 Å². The molecule has 1 fully saturated rings. The maximum atomic E-state index is 12.2. The first kappa shape index (κ1) is 12.8. The maximum absolute atomic E-state index is 12.2. The van der Waals surface area contributed by atoms with E-state index in [2.05, 4.69) is 11.9 Å². The van der Waals surface area contributed by atoms with E-state index < -0.39 is 0 Å². The van der Waals surface area contributed by atoms with Gasteiger partial charge in [0.05, 0.1) is 6.10 Å². The molecule has 1 N–H and O–H groups in total. The van der Waals surface area contributed by atoms with E-state index in [0.29, 0.717) is 11.7 Å². The molecular formula is C15H19NO2. The molecule has 3 heteroatoms. The van der Waals surface area contributed by atoms with Gasteiger partial charge in [0.2, 0.25) is 0 Å². The van der Waals surface area contributed by atoms with Crippen molar-refractivity contribution in [3.8, 4) is 0 Å². The molecule has 0 spiro atoms. The number of carbonyl (C=O) groups excluding carboxylic acids is 1. The Kier molecular flexibility index (Phi) is 3.82. The zero-order valence-electron chi connectivity index (χ0n) is 10.9. The van der Waals surface area contributed by atoms with E-state index in [1.54, 1.807) is 13.2 Å². The van der Waals surface area contributed by atoms with Crippen LogP contribution in [0.15, 0.2) is 24.8 Å². The zero-order valence-corrected chi connectivity index (χ0v) is 10.9. The molecule has 0 unspecified atom stereocenters. The monoisotopic (exact) mass is 245 g/mol. The number of hydrogen-bond donors (Lipinski definition) is 1. The number of carbonyl (C=O) groups is 1. The van der Waals surface area contributed by atoms with Crippen LogP contribution in [-0.4, -0.2) is 25.2 Å². The number of benzene rings is 1. The average Bonchev–Trinajstić information content (AvgIpc) is 2.32. The fraction of sp³-hybridized carbons (Fsp3) is 0.400. The first-order chi connectivity index (χ1) is 8.65. The minimum atomic E-state index is -0.0202.